The van der Waals surface area contributed by atoms with Crippen LogP contribution in [-0.2, 0) is 6.54 Å². The van der Waals surface area contributed by atoms with E-state index in [0.29, 0.717) is 17.9 Å². The van der Waals surface area contributed by atoms with Crippen LogP contribution in [0.5, 0.6) is 0 Å². The molecule has 8 heteroatoms. The van der Waals surface area contributed by atoms with Gasteiger partial charge in [-0.05, 0) is 73.2 Å². The normalized spacial score (nSPS) is 21.3. The zero-order valence-electron chi connectivity index (χ0n) is 21.3. The van der Waals surface area contributed by atoms with E-state index in [4.69, 9.17) is 0 Å². The summed E-state index contributed by atoms with van der Waals surface area (Å²) in [4.78, 5) is 21.4. The molecular weight excluding hydrogens is 510 g/mol. The molecule has 3 aromatic rings. The molecule has 1 N–H and O–H groups in total. The quantitative estimate of drug-likeness (QED) is 0.402. The van der Waals surface area contributed by atoms with E-state index < -0.39 is 5.54 Å². The van der Waals surface area contributed by atoms with Crippen LogP contribution in [0.3, 0.4) is 0 Å². The van der Waals surface area contributed by atoms with Gasteiger partial charge in [-0.2, -0.15) is 4.99 Å². The SMILES string of the molecule is CNC1=NC(=O)N(c2cccc(F)c2)[C@@]12CCN(Cc1cccc(-c3ccccc3C)c1)[C@@H](C)C2.Cl.Cl. The molecule has 2 amide bonds. The summed E-state index contributed by atoms with van der Waals surface area (Å²) in [6, 6.07) is 23.3. The monoisotopic (exact) mass is 542 g/mol. The number of carbonyl (C=O) groups is 1. The fraction of sp³-hybridized carbons (Fsp3) is 0.310. The highest BCUT2D eigenvalue weighted by Gasteiger charge is 2.53. The van der Waals surface area contributed by atoms with Gasteiger partial charge in [-0.1, -0.05) is 48.5 Å². The van der Waals surface area contributed by atoms with E-state index in [1.807, 2.05) is 0 Å². The van der Waals surface area contributed by atoms with E-state index in [1.165, 1.54) is 34.4 Å². The van der Waals surface area contributed by atoms with E-state index in [-0.39, 0.29) is 42.7 Å². The average Bonchev–Trinajstić information content (AvgIpc) is 3.11. The number of benzene rings is 3. The third kappa shape index (κ3) is 5.37. The van der Waals surface area contributed by atoms with Gasteiger partial charge in [-0.3, -0.25) is 9.80 Å². The van der Waals surface area contributed by atoms with Crippen molar-refractivity contribution in [2.45, 2.75) is 44.8 Å². The highest BCUT2D eigenvalue weighted by molar-refractivity contribution is 6.16. The Kier molecular flexibility index (Phi) is 9.00. The number of urea groups is 1. The zero-order chi connectivity index (χ0) is 24.6. The Balaban J connectivity index is 0.00000190. The van der Waals surface area contributed by atoms with Crippen LogP contribution >= 0.6 is 24.8 Å². The number of anilines is 1. The number of nitrogens with zero attached hydrogens (tertiary/aromatic N) is 3. The maximum Gasteiger partial charge on any atom is 0.350 e. The summed E-state index contributed by atoms with van der Waals surface area (Å²) in [5, 5.41) is 3.16. The number of carbonyl (C=O) groups excluding carboxylic acids is 1. The fourth-order valence-corrected chi connectivity index (χ4v) is 5.69. The van der Waals surface area contributed by atoms with Gasteiger partial charge in [0.2, 0.25) is 0 Å². The van der Waals surface area contributed by atoms with Gasteiger partial charge < -0.3 is 5.32 Å². The summed E-state index contributed by atoms with van der Waals surface area (Å²) >= 11 is 0. The zero-order valence-corrected chi connectivity index (χ0v) is 22.9. The summed E-state index contributed by atoms with van der Waals surface area (Å²) in [7, 11) is 1.80. The number of piperidine rings is 1. The molecule has 0 aliphatic carbocycles. The lowest BCUT2D eigenvalue weighted by molar-refractivity contribution is 0.122. The van der Waals surface area contributed by atoms with E-state index in [0.717, 1.165) is 19.5 Å². The number of aliphatic imine (C=N–C) groups is 1. The number of aryl methyl sites for hydroxylation is 1. The summed E-state index contributed by atoms with van der Waals surface area (Å²) < 4.78 is 14.0. The van der Waals surface area contributed by atoms with Gasteiger partial charge in [0.25, 0.3) is 0 Å². The van der Waals surface area contributed by atoms with Crippen molar-refractivity contribution in [1.82, 2.24) is 10.2 Å². The Bertz CT molecular complexity index is 1300. The smallest absolute Gasteiger partial charge is 0.350 e. The van der Waals surface area contributed by atoms with Gasteiger partial charge in [-0.25, -0.2) is 9.18 Å². The number of amides is 2. The predicted octanol–water partition coefficient (Wildman–Crippen LogP) is 6.63. The first-order valence-electron chi connectivity index (χ1n) is 12.2. The number of likely N-dealkylation sites (N-methyl/N-ethyl adjacent to an activating group) is 1. The second-order valence-electron chi connectivity index (χ2n) is 9.63. The van der Waals surface area contributed by atoms with E-state index in [2.05, 4.69) is 77.6 Å². The predicted molar refractivity (Wildman–Crippen MR) is 154 cm³/mol. The van der Waals surface area contributed by atoms with Crippen LogP contribution < -0.4 is 10.2 Å². The molecule has 1 saturated heterocycles. The van der Waals surface area contributed by atoms with E-state index in [1.54, 1.807) is 24.1 Å². The molecule has 0 aromatic heterocycles. The van der Waals surface area contributed by atoms with Crippen molar-refractivity contribution >= 4 is 42.4 Å². The van der Waals surface area contributed by atoms with Crippen molar-refractivity contribution in [3.8, 4) is 11.1 Å². The Morgan fingerprint density at radius 2 is 1.81 bits per heavy atom. The molecule has 2 aliphatic rings. The van der Waals surface area contributed by atoms with Gasteiger partial charge in [0, 0.05) is 31.9 Å². The molecule has 2 atom stereocenters. The molecule has 0 saturated carbocycles. The standard InChI is InChI=1S/C29H31FN4O.2ClH/c1-20-8-4-5-13-26(20)23-10-6-9-22(16-23)19-33-15-14-29(18-21(33)2)27(31-3)32-28(35)34(29)25-12-7-11-24(30)17-25;;/h4-13,16-17,21H,14-15,18-19H2,1-3H3,(H,31,32,35);2*1H/t21-,29+;;/m0../s1. The number of hydrogen-bond acceptors (Lipinski definition) is 3. The molecule has 5 rings (SSSR count). The molecule has 2 aliphatic heterocycles. The number of likely N-dealkylation sites (tertiary alicyclic amines) is 1. The Hall–Kier alpha value is -2.93. The van der Waals surface area contributed by atoms with Crippen LogP contribution in [0.2, 0.25) is 0 Å². The fourth-order valence-electron chi connectivity index (χ4n) is 5.69. The van der Waals surface area contributed by atoms with Crippen LogP contribution in [0.1, 0.15) is 30.9 Å². The van der Waals surface area contributed by atoms with Gasteiger partial charge in [0.15, 0.2) is 0 Å². The molecule has 2 heterocycles. The number of amidine groups is 1. The minimum absolute atomic E-state index is 0. The molecule has 1 spiro atoms. The maximum absolute atomic E-state index is 14.0. The van der Waals surface area contributed by atoms with E-state index >= 15 is 0 Å². The molecule has 37 heavy (non-hydrogen) atoms. The highest BCUT2D eigenvalue weighted by Crippen LogP contribution is 2.41. The number of halogens is 3. The van der Waals surface area contributed by atoms with Crippen molar-refractivity contribution < 1.29 is 9.18 Å². The van der Waals surface area contributed by atoms with Crippen molar-refractivity contribution in [2.24, 2.45) is 4.99 Å². The first-order valence-corrected chi connectivity index (χ1v) is 12.2. The molecule has 0 radical (unpaired) electrons. The number of nitrogens with one attached hydrogen (secondary N) is 1. The summed E-state index contributed by atoms with van der Waals surface area (Å²) in [6.07, 6.45) is 1.43. The second kappa shape index (κ2) is 11.6. The van der Waals surface area contributed by atoms with Gasteiger partial charge >= 0.3 is 6.03 Å². The van der Waals surface area contributed by atoms with Crippen LogP contribution in [-0.4, -0.2) is 41.9 Å². The van der Waals surface area contributed by atoms with Gasteiger partial charge in [0.05, 0.1) is 0 Å². The van der Waals surface area contributed by atoms with Crippen LogP contribution in [0.15, 0.2) is 77.8 Å². The molecule has 3 aromatic carbocycles. The van der Waals surface area contributed by atoms with Gasteiger partial charge in [-0.15, -0.1) is 24.8 Å². The van der Waals surface area contributed by atoms with Crippen LogP contribution in [0.25, 0.3) is 11.1 Å². The third-order valence-electron chi connectivity index (χ3n) is 7.41. The maximum atomic E-state index is 14.0. The largest absolute Gasteiger partial charge is 0.374 e. The van der Waals surface area contributed by atoms with Crippen molar-refractivity contribution in [2.75, 3.05) is 18.5 Å². The van der Waals surface area contributed by atoms with Crippen LogP contribution in [0, 0.1) is 12.7 Å². The molecular formula is C29H33Cl2FN4O. The lowest BCUT2D eigenvalue weighted by atomic mass is 9.81. The highest BCUT2D eigenvalue weighted by atomic mass is 35.5. The molecule has 1 fully saturated rings. The van der Waals surface area contributed by atoms with E-state index in [9.17, 15) is 9.18 Å². The Morgan fingerprint density at radius 3 is 2.51 bits per heavy atom. The second-order valence-corrected chi connectivity index (χ2v) is 9.63. The van der Waals surface area contributed by atoms with Crippen molar-refractivity contribution in [1.29, 1.82) is 0 Å². The number of hydrogen-bond donors (Lipinski definition) is 1. The third-order valence-corrected chi connectivity index (χ3v) is 7.41. The minimum atomic E-state index is -0.599. The minimum Gasteiger partial charge on any atom is -0.374 e. The summed E-state index contributed by atoms with van der Waals surface area (Å²) in [5.74, 6) is 0.308. The average molecular weight is 544 g/mol. The van der Waals surface area contributed by atoms with Crippen molar-refractivity contribution in [3.05, 3.63) is 89.7 Å². The lowest BCUT2D eigenvalue weighted by Crippen LogP contribution is -2.62. The lowest BCUT2D eigenvalue weighted by Gasteiger charge is -2.48. The molecule has 0 unspecified atom stereocenters. The first kappa shape index (κ1) is 28.6. The summed E-state index contributed by atoms with van der Waals surface area (Å²) in [6.45, 7) is 5.97. The van der Waals surface area contributed by atoms with Crippen molar-refractivity contribution in [3.63, 3.8) is 0 Å². The molecule has 0 bridgehead atoms. The molecule has 5 nitrogen and oxygen atoms in total. The van der Waals surface area contributed by atoms with Crippen LogP contribution in [0.4, 0.5) is 14.9 Å². The topological polar surface area (TPSA) is 47.9 Å². The Morgan fingerprint density at radius 1 is 1.05 bits per heavy atom. The number of rotatable bonds is 4. The van der Waals surface area contributed by atoms with Gasteiger partial charge in [0.1, 0.15) is 17.2 Å². The summed E-state index contributed by atoms with van der Waals surface area (Å²) in [5.41, 5.74) is 4.96. The first-order chi connectivity index (χ1) is 16.9. The Labute approximate surface area is 230 Å². The molecule has 196 valence electrons.